The molecule has 2 heterocycles. The topological polar surface area (TPSA) is 88.8 Å². The van der Waals surface area contributed by atoms with E-state index in [0.29, 0.717) is 6.54 Å². The second kappa shape index (κ2) is 8.31. The van der Waals surface area contributed by atoms with Crippen molar-refractivity contribution in [3.05, 3.63) is 54.1 Å². The molecule has 1 aliphatic heterocycles. The lowest BCUT2D eigenvalue weighted by Crippen LogP contribution is -2.41. The van der Waals surface area contributed by atoms with Crippen LogP contribution in [0.5, 0.6) is 0 Å². The lowest BCUT2D eigenvalue weighted by atomic mass is 10.0. The summed E-state index contributed by atoms with van der Waals surface area (Å²) in [4.78, 5) is 17.9. The van der Waals surface area contributed by atoms with Crippen molar-refractivity contribution < 1.29 is 19.4 Å². The molecule has 1 aromatic carbocycles. The quantitative estimate of drug-likeness (QED) is 0.554. The van der Waals surface area contributed by atoms with E-state index >= 15 is 0 Å². The van der Waals surface area contributed by atoms with Crippen molar-refractivity contribution in [3.8, 4) is 0 Å². The Kier molecular flexibility index (Phi) is 5.87. The van der Waals surface area contributed by atoms with Gasteiger partial charge in [0, 0.05) is 32.7 Å². The Morgan fingerprint density at radius 3 is 2.81 bits per heavy atom. The number of aromatic nitrogens is 2. The van der Waals surface area contributed by atoms with Crippen molar-refractivity contribution in [1.29, 1.82) is 0 Å². The van der Waals surface area contributed by atoms with Gasteiger partial charge >= 0.3 is 5.97 Å². The van der Waals surface area contributed by atoms with Crippen molar-refractivity contribution >= 4 is 5.97 Å². The molecule has 0 spiro atoms. The fraction of sp³-hybridized carbons (Fsp3) is 0.444. The number of rotatable bonds is 7. The summed E-state index contributed by atoms with van der Waals surface area (Å²) in [6.07, 6.45) is 1.79. The van der Waals surface area contributed by atoms with Crippen molar-refractivity contribution in [2.45, 2.75) is 18.9 Å². The fourth-order valence-electron chi connectivity index (χ4n) is 3.30. The number of carbonyl (C=O) groups is 1. The van der Waals surface area contributed by atoms with E-state index in [0.717, 1.165) is 13.1 Å². The maximum Gasteiger partial charge on any atom is 0.358 e. The SMILES string of the molecule is COC(=O)c1cncn1NC(O)C1CN(Cc2ccccc2)CC1OC. The van der Waals surface area contributed by atoms with Gasteiger partial charge in [0.2, 0.25) is 0 Å². The predicted octanol–water partition coefficient (Wildman–Crippen LogP) is 0.679. The highest BCUT2D eigenvalue weighted by Gasteiger charge is 2.38. The summed E-state index contributed by atoms with van der Waals surface area (Å²) >= 11 is 0. The van der Waals surface area contributed by atoms with Crippen LogP contribution in [-0.4, -0.2) is 65.3 Å². The van der Waals surface area contributed by atoms with E-state index in [2.05, 4.69) is 27.4 Å². The van der Waals surface area contributed by atoms with Gasteiger partial charge < -0.3 is 14.6 Å². The number of nitrogens with one attached hydrogen (secondary N) is 1. The Balaban J connectivity index is 1.65. The van der Waals surface area contributed by atoms with Gasteiger partial charge in [-0.15, -0.1) is 0 Å². The van der Waals surface area contributed by atoms with Gasteiger partial charge in [0.1, 0.15) is 12.6 Å². The molecule has 2 aromatic rings. The van der Waals surface area contributed by atoms with Crippen LogP contribution in [0.3, 0.4) is 0 Å². The normalized spacial score (nSPS) is 21.5. The van der Waals surface area contributed by atoms with E-state index in [1.165, 1.54) is 29.9 Å². The third-order valence-corrected chi connectivity index (χ3v) is 4.65. The van der Waals surface area contributed by atoms with Crippen molar-refractivity contribution in [1.82, 2.24) is 14.6 Å². The van der Waals surface area contributed by atoms with Crippen molar-refractivity contribution in [2.75, 3.05) is 32.7 Å². The number of aliphatic hydroxyl groups excluding tert-OH is 1. The zero-order chi connectivity index (χ0) is 18.5. The second-order valence-electron chi connectivity index (χ2n) is 6.33. The molecule has 3 rings (SSSR count). The van der Waals surface area contributed by atoms with Crippen LogP contribution in [0.25, 0.3) is 0 Å². The largest absolute Gasteiger partial charge is 0.464 e. The molecule has 1 aliphatic rings. The van der Waals surface area contributed by atoms with Gasteiger partial charge in [0.15, 0.2) is 5.69 Å². The fourth-order valence-corrected chi connectivity index (χ4v) is 3.30. The highest BCUT2D eigenvalue weighted by Crippen LogP contribution is 2.24. The van der Waals surface area contributed by atoms with Gasteiger partial charge in [-0.05, 0) is 5.56 Å². The number of hydrogen-bond donors (Lipinski definition) is 2. The first-order chi connectivity index (χ1) is 12.6. The molecule has 3 atom stereocenters. The molecule has 0 amide bonds. The predicted molar refractivity (Wildman–Crippen MR) is 94.9 cm³/mol. The van der Waals surface area contributed by atoms with E-state index in [1.807, 2.05) is 18.2 Å². The number of esters is 1. The van der Waals surface area contributed by atoms with Crippen LogP contribution in [0.15, 0.2) is 42.9 Å². The standard InChI is InChI=1S/C18H24N4O4/c1-25-16-11-21(9-13-6-4-3-5-7-13)10-14(16)17(23)20-22-12-19-8-15(22)18(24)26-2/h3-8,12,14,16-17,20,23H,9-11H2,1-2H3. The summed E-state index contributed by atoms with van der Waals surface area (Å²) in [5.74, 6) is -0.681. The van der Waals surface area contributed by atoms with Crippen LogP contribution < -0.4 is 5.43 Å². The molecule has 26 heavy (non-hydrogen) atoms. The molecular formula is C18H24N4O4. The van der Waals surface area contributed by atoms with Crippen LogP contribution in [0.4, 0.5) is 0 Å². The number of methoxy groups -OCH3 is 2. The highest BCUT2D eigenvalue weighted by atomic mass is 16.5. The minimum Gasteiger partial charge on any atom is -0.464 e. The molecule has 8 nitrogen and oxygen atoms in total. The zero-order valence-corrected chi connectivity index (χ0v) is 14.9. The summed E-state index contributed by atoms with van der Waals surface area (Å²) in [5, 5.41) is 10.7. The monoisotopic (exact) mass is 360 g/mol. The minimum absolute atomic E-state index is 0.119. The van der Waals surface area contributed by atoms with Gasteiger partial charge in [-0.2, -0.15) is 0 Å². The van der Waals surface area contributed by atoms with E-state index in [4.69, 9.17) is 9.47 Å². The third kappa shape index (κ3) is 4.04. The number of ether oxygens (including phenoxy) is 2. The summed E-state index contributed by atoms with van der Waals surface area (Å²) in [5.41, 5.74) is 4.34. The zero-order valence-electron chi connectivity index (χ0n) is 14.9. The minimum atomic E-state index is -0.904. The molecule has 0 aliphatic carbocycles. The van der Waals surface area contributed by atoms with E-state index in [1.54, 1.807) is 7.11 Å². The molecule has 0 saturated carbocycles. The molecule has 0 bridgehead atoms. The van der Waals surface area contributed by atoms with E-state index in [-0.39, 0.29) is 17.7 Å². The van der Waals surface area contributed by atoms with Gasteiger partial charge in [-0.3, -0.25) is 10.3 Å². The lowest BCUT2D eigenvalue weighted by Gasteiger charge is -2.25. The molecule has 3 unspecified atom stereocenters. The van der Waals surface area contributed by atoms with Crippen LogP contribution in [0.1, 0.15) is 16.1 Å². The first-order valence-corrected chi connectivity index (χ1v) is 8.46. The van der Waals surface area contributed by atoms with Crippen molar-refractivity contribution in [2.24, 2.45) is 5.92 Å². The Hall–Kier alpha value is -2.42. The molecule has 0 radical (unpaired) electrons. The summed E-state index contributed by atoms with van der Waals surface area (Å²) < 4.78 is 11.7. The first kappa shape index (κ1) is 18.4. The maximum atomic E-state index is 11.7. The van der Waals surface area contributed by atoms with Crippen LogP contribution in [-0.2, 0) is 16.0 Å². The smallest absolute Gasteiger partial charge is 0.358 e. The number of carbonyl (C=O) groups excluding carboxylic acids is 1. The Morgan fingerprint density at radius 1 is 1.35 bits per heavy atom. The summed E-state index contributed by atoms with van der Waals surface area (Å²) in [6.45, 7) is 2.19. The Labute approximate surface area is 152 Å². The number of imidazole rings is 1. The Bertz CT molecular complexity index is 721. The lowest BCUT2D eigenvalue weighted by molar-refractivity contribution is 0.0208. The second-order valence-corrected chi connectivity index (χ2v) is 6.33. The summed E-state index contributed by atoms with van der Waals surface area (Å²) in [6, 6.07) is 10.2. The summed E-state index contributed by atoms with van der Waals surface area (Å²) in [7, 11) is 2.95. The van der Waals surface area contributed by atoms with E-state index < -0.39 is 12.2 Å². The molecule has 2 N–H and O–H groups in total. The van der Waals surface area contributed by atoms with Crippen molar-refractivity contribution in [3.63, 3.8) is 0 Å². The maximum absolute atomic E-state index is 11.7. The number of likely N-dealkylation sites (tertiary alicyclic amines) is 1. The molecule has 1 fully saturated rings. The van der Waals surface area contributed by atoms with Crippen LogP contribution in [0, 0.1) is 5.92 Å². The number of hydrogen-bond acceptors (Lipinski definition) is 7. The molecular weight excluding hydrogens is 336 g/mol. The van der Waals surface area contributed by atoms with Gasteiger partial charge in [0.05, 0.1) is 19.4 Å². The van der Waals surface area contributed by atoms with Crippen LogP contribution >= 0.6 is 0 Å². The number of aliphatic hydroxyl groups is 1. The van der Waals surface area contributed by atoms with Gasteiger partial charge in [-0.25, -0.2) is 14.5 Å². The average Bonchev–Trinajstić information content (AvgIpc) is 3.28. The molecule has 1 aromatic heterocycles. The number of benzene rings is 1. The number of nitrogens with zero attached hydrogens (tertiary/aromatic N) is 3. The third-order valence-electron chi connectivity index (χ3n) is 4.65. The van der Waals surface area contributed by atoms with Gasteiger partial charge in [0.25, 0.3) is 0 Å². The molecule has 140 valence electrons. The first-order valence-electron chi connectivity index (χ1n) is 8.46. The van der Waals surface area contributed by atoms with E-state index in [9.17, 15) is 9.90 Å². The highest BCUT2D eigenvalue weighted by molar-refractivity contribution is 5.87. The molecule has 8 heteroatoms. The van der Waals surface area contributed by atoms with Crippen LogP contribution in [0.2, 0.25) is 0 Å². The molecule has 1 saturated heterocycles. The Morgan fingerprint density at radius 2 is 2.12 bits per heavy atom. The average molecular weight is 360 g/mol. The van der Waals surface area contributed by atoms with Gasteiger partial charge in [-0.1, -0.05) is 30.3 Å².